The van der Waals surface area contributed by atoms with Gasteiger partial charge in [-0.1, -0.05) is 20.8 Å². The number of rotatable bonds is 0. The number of ether oxygens (including phenoxy) is 2. The van der Waals surface area contributed by atoms with Crippen LogP contribution in [0.25, 0.3) is 0 Å². The molecule has 2 rings (SSSR count). The van der Waals surface area contributed by atoms with E-state index in [0.717, 1.165) is 12.5 Å². The second-order valence-corrected chi connectivity index (χ2v) is 3.95. The predicted molar refractivity (Wildman–Crippen MR) is 42.1 cm³/mol. The van der Waals surface area contributed by atoms with Crippen molar-refractivity contribution in [2.45, 2.75) is 33.2 Å². The first-order valence-corrected chi connectivity index (χ1v) is 4.47. The van der Waals surface area contributed by atoms with Crippen LogP contribution in [0.15, 0.2) is 0 Å². The van der Waals surface area contributed by atoms with E-state index in [0.29, 0.717) is 17.9 Å². The topological polar surface area (TPSA) is 18.5 Å². The Hall–Kier alpha value is -0.0800. The van der Waals surface area contributed by atoms with Gasteiger partial charge in [0.1, 0.15) is 0 Å². The third-order valence-electron chi connectivity index (χ3n) is 3.41. The molecule has 2 heterocycles. The molecule has 0 aliphatic carbocycles. The Morgan fingerprint density at radius 2 is 1.73 bits per heavy atom. The summed E-state index contributed by atoms with van der Waals surface area (Å²) in [6, 6.07) is 0. The Labute approximate surface area is 67.9 Å². The van der Waals surface area contributed by atoms with Crippen LogP contribution in [0, 0.1) is 17.8 Å². The molecule has 2 fully saturated rings. The number of fused-ring (bicyclic) bond motifs is 2. The lowest BCUT2D eigenvalue weighted by molar-refractivity contribution is -0.150. The van der Waals surface area contributed by atoms with Gasteiger partial charge in [-0.3, -0.25) is 0 Å². The first-order valence-electron chi connectivity index (χ1n) is 4.47. The molecule has 0 amide bonds. The van der Waals surface area contributed by atoms with Crippen LogP contribution >= 0.6 is 0 Å². The molecule has 2 unspecified atom stereocenters. The fourth-order valence-corrected chi connectivity index (χ4v) is 2.06. The highest BCUT2D eigenvalue weighted by atomic mass is 16.7. The zero-order valence-electron chi connectivity index (χ0n) is 7.41. The minimum atomic E-state index is 0.0891. The van der Waals surface area contributed by atoms with Crippen molar-refractivity contribution in [3.63, 3.8) is 0 Å². The molecule has 0 spiro atoms. The minimum absolute atomic E-state index is 0.0891. The standard InChI is InChI=1S/C9H16O2/c1-5-6(2)8-4-10-9(11-8)7(5)3/h5-9H,4H2,1-3H3/t5?,6-,7+,8?,9+/m1/s1. The molecule has 2 nitrogen and oxygen atoms in total. The van der Waals surface area contributed by atoms with Crippen LogP contribution in [0.2, 0.25) is 0 Å². The molecular weight excluding hydrogens is 140 g/mol. The fourth-order valence-electron chi connectivity index (χ4n) is 2.06. The van der Waals surface area contributed by atoms with E-state index >= 15 is 0 Å². The molecule has 2 aliphatic rings. The van der Waals surface area contributed by atoms with Crippen molar-refractivity contribution in [1.82, 2.24) is 0 Å². The monoisotopic (exact) mass is 156 g/mol. The van der Waals surface area contributed by atoms with Crippen molar-refractivity contribution in [1.29, 1.82) is 0 Å². The van der Waals surface area contributed by atoms with E-state index in [1.807, 2.05) is 0 Å². The average molecular weight is 156 g/mol. The Morgan fingerprint density at radius 1 is 1.00 bits per heavy atom. The van der Waals surface area contributed by atoms with Gasteiger partial charge in [0.15, 0.2) is 6.29 Å². The Bertz CT molecular complexity index is 138. The van der Waals surface area contributed by atoms with Crippen LogP contribution in [0.3, 0.4) is 0 Å². The summed E-state index contributed by atoms with van der Waals surface area (Å²) in [6.45, 7) is 7.58. The maximum Gasteiger partial charge on any atom is 0.160 e. The van der Waals surface area contributed by atoms with Crippen molar-refractivity contribution in [2.24, 2.45) is 17.8 Å². The summed E-state index contributed by atoms with van der Waals surface area (Å²) >= 11 is 0. The quantitative estimate of drug-likeness (QED) is 0.531. The molecule has 2 aliphatic heterocycles. The molecule has 0 radical (unpaired) electrons. The molecule has 2 heteroatoms. The summed E-state index contributed by atoms with van der Waals surface area (Å²) in [6.07, 6.45) is 0.456. The molecule has 0 aromatic carbocycles. The van der Waals surface area contributed by atoms with E-state index in [-0.39, 0.29) is 6.29 Å². The molecule has 2 saturated heterocycles. The van der Waals surface area contributed by atoms with Crippen LogP contribution in [0.1, 0.15) is 20.8 Å². The molecule has 0 aromatic rings. The molecule has 5 atom stereocenters. The van der Waals surface area contributed by atoms with Gasteiger partial charge in [0.05, 0.1) is 12.7 Å². The Morgan fingerprint density at radius 3 is 2.45 bits per heavy atom. The molecule has 0 N–H and O–H groups in total. The molecule has 11 heavy (non-hydrogen) atoms. The third-order valence-corrected chi connectivity index (χ3v) is 3.41. The molecule has 0 saturated carbocycles. The van der Waals surface area contributed by atoms with Crippen molar-refractivity contribution >= 4 is 0 Å². The van der Waals surface area contributed by atoms with Gasteiger partial charge in [-0.2, -0.15) is 0 Å². The smallest absolute Gasteiger partial charge is 0.160 e. The zero-order chi connectivity index (χ0) is 8.01. The van der Waals surface area contributed by atoms with Crippen LogP contribution in [0.5, 0.6) is 0 Å². The van der Waals surface area contributed by atoms with Crippen molar-refractivity contribution < 1.29 is 9.47 Å². The van der Waals surface area contributed by atoms with Gasteiger partial charge in [-0.05, 0) is 11.8 Å². The second kappa shape index (κ2) is 2.46. The fraction of sp³-hybridized carbons (Fsp3) is 1.00. The summed E-state index contributed by atoms with van der Waals surface area (Å²) in [4.78, 5) is 0. The zero-order valence-corrected chi connectivity index (χ0v) is 7.41. The predicted octanol–water partition coefficient (Wildman–Crippen LogP) is 1.65. The van der Waals surface area contributed by atoms with Gasteiger partial charge < -0.3 is 9.47 Å². The SMILES string of the molecule is CC1[C@@H](C)C2CO[C@@H](O2)[C@H]1C. The van der Waals surface area contributed by atoms with Gasteiger partial charge in [-0.15, -0.1) is 0 Å². The largest absolute Gasteiger partial charge is 0.350 e. The van der Waals surface area contributed by atoms with Crippen molar-refractivity contribution in [3.05, 3.63) is 0 Å². The van der Waals surface area contributed by atoms with Gasteiger partial charge in [-0.25, -0.2) is 0 Å². The van der Waals surface area contributed by atoms with Gasteiger partial charge in [0, 0.05) is 5.92 Å². The van der Waals surface area contributed by atoms with Crippen LogP contribution in [-0.2, 0) is 9.47 Å². The van der Waals surface area contributed by atoms with E-state index in [9.17, 15) is 0 Å². The summed E-state index contributed by atoms with van der Waals surface area (Å²) in [7, 11) is 0. The van der Waals surface area contributed by atoms with Gasteiger partial charge >= 0.3 is 0 Å². The molecule has 64 valence electrons. The van der Waals surface area contributed by atoms with E-state index < -0.39 is 0 Å². The Kier molecular flexibility index (Phi) is 1.69. The lowest BCUT2D eigenvalue weighted by Gasteiger charge is -2.35. The number of hydrogen-bond acceptors (Lipinski definition) is 2. The summed E-state index contributed by atoms with van der Waals surface area (Å²) in [5.41, 5.74) is 0. The van der Waals surface area contributed by atoms with E-state index in [1.165, 1.54) is 0 Å². The second-order valence-electron chi connectivity index (χ2n) is 3.95. The summed E-state index contributed by atoms with van der Waals surface area (Å²) in [5, 5.41) is 0. The van der Waals surface area contributed by atoms with E-state index in [1.54, 1.807) is 0 Å². The molecule has 0 aromatic heterocycles. The normalized spacial score (nSPS) is 56.5. The van der Waals surface area contributed by atoms with Crippen molar-refractivity contribution in [2.75, 3.05) is 6.61 Å². The summed E-state index contributed by atoms with van der Waals surface area (Å²) < 4.78 is 11.2. The maximum absolute atomic E-state index is 5.67. The summed E-state index contributed by atoms with van der Waals surface area (Å²) in [5.74, 6) is 1.95. The van der Waals surface area contributed by atoms with Crippen LogP contribution in [0.4, 0.5) is 0 Å². The number of hydrogen-bond donors (Lipinski definition) is 0. The highest BCUT2D eigenvalue weighted by Gasteiger charge is 2.44. The molecule has 2 bridgehead atoms. The van der Waals surface area contributed by atoms with Crippen LogP contribution < -0.4 is 0 Å². The van der Waals surface area contributed by atoms with Gasteiger partial charge in [0.2, 0.25) is 0 Å². The van der Waals surface area contributed by atoms with E-state index in [2.05, 4.69) is 20.8 Å². The Balaban J connectivity index is 2.16. The first-order chi connectivity index (χ1) is 5.20. The lowest BCUT2D eigenvalue weighted by Crippen LogP contribution is -2.39. The van der Waals surface area contributed by atoms with Crippen molar-refractivity contribution in [3.8, 4) is 0 Å². The third kappa shape index (κ3) is 1.00. The maximum atomic E-state index is 5.67. The highest BCUT2D eigenvalue weighted by molar-refractivity contribution is 4.86. The lowest BCUT2D eigenvalue weighted by atomic mass is 9.80. The average Bonchev–Trinajstić information content (AvgIpc) is 2.44. The van der Waals surface area contributed by atoms with Gasteiger partial charge in [0.25, 0.3) is 0 Å². The first kappa shape index (κ1) is 7.56. The minimum Gasteiger partial charge on any atom is -0.350 e. The highest BCUT2D eigenvalue weighted by Crippen LogP contribution is 2.39. The molecular formula is C9H16O2. The van der Waals surface area contributed by atoms with Crippen LogP contribution in [-0.4, -0.2) is 19.0 Å². The van der Waals surface area contributed by atoms with E-state index in [4.69, 9.17) is 9.47 Å².